The first-order valence-corrected chi connectivity index (χ1v) is 15.0. The Labute approximate surface area is 242 Å². The van der Waals surface area contributed by atoms with Crippen LogP contribution in [0.15, 0.2) is 94.7 Å². The third kappa shape index (κ3) is 5.51. The molecular formula is C31H27ClN4O4S. The van der Waals surface area contributed by atoms with Crippen molar-refractivity contribution >= 4 is 38.1 Å². The molecule has 0 saturated heterocycles. The minimum atomic E-state index is -3.42. The zero-order valence-corrected chi connectivity index (χ0v) is 24.2. The van der Waals surface area contributed by atoms with Gasteiger partial charge in [0, 0.05) is 16.9 Å². The van der Waals surface area contributed by atoms with Gasteiger partial charge < -0.3 is 5.32 Å². The van der Waals surface area contributed by atoms with E-state index in [1.165, 1.54) is 18.3 Å². The third-order valence-corrected chi connectivity index (χ3v) is 8.92. The lowest BCUT2D eigenvalue weighted by Crippen LogP contribution is -2.33. The molecular weight excluding hydrogens is 560 g/mol. The van der Waals surface area contributed by atoms with Crippen molar-refractivity contribution in [2.45, 2.75) is 31.7 Å². The molecule has 2 heterocycles. The molecule has 8 nitrogen and oxygen atoms in total. The summed E-state index contributed by atoms with van der Waals surface area (Å²) in [5, 5.41) is 4.36. The lowest BCUT2D eigenvalue weighted by atomic mass is 10.1. The van der Waals surface area contributed by atoms with Crippen LogP contribution in [-0.4, -0.2) is 34.6 Å². The second-order valence-corrected chi connectivity index (χ2v) is 12.3. The fourth-order valence-electron chi connectivity index (χ4n) is 4.66. The average molecular weight is 587 g/mol. The molecule has 0 aliphatic rings. The summed E-state index contributed by atoms with van der Waals surface area (Å²) in [4.78, 5) is 36.3. The van der Waals surface area contributed by atoms with Crippen LogP contribution in [0.2, 0.25) is 5.02 Å². The van der Waals surface area contributed by atoms with Crippen LogP contribution in [0.4, 0.5) is 0 Å². The Balaban J connectivity index is 1.54. The molecule has 10 heteroatoms. The molecule has 41 heavy (non-hydrogen) atoms. The van der Waals surface area contributed by atoms with Crippen molar-refractivity contribution in [1.82, 2.24) is 19.9 Å². The topological polar surface area (TPSA) is 111 Å². The van der Waals surface area contributed by atoms with E-state index in [1.807, 2.05) is 42.5 Å². The zero-order chi connectivity index (χ0) is 29.3. The molecule has 3 aromatic carbocycles. The van der Waals surface area contributed by atoms with Crippen molar-refractivity contribution in [2.24, 2.45) is 0 Å². The quantitative estimate of drug-likeness (QED) is 0.262. The Hall–Kier alpha value is -4.34. The van der Waals surface area contributed by atoms with Gasteiger partial charge in [0.15, 0.2) is 9.84 Å². The van der Waals surface area contributed by atoms with E-state index < -0.39 is 21.8 Å². The van der Waals surface area contributed by atoms with Gasteiger partial charge in [0.2, 0.25) is 0 Å². The molecule has 0 aliphatic carbocycles. The summed E-state index contributed by atoms with van der Waals surface area (Å²) in [6.07, 6.45) is 1.51. The molecule has 5 rings (SSSR count). The van der Waals surface area contributed by atoms with Gasteiger partial charge in [-0.3, -0.25) is 19.1 Å². The number of rotatable bonds is 7. The second kappa shape index (κ2) is 11.3. The number of benzene rings is 3. The molecule has 0 fully saturated rings. The summed E-state index contributed by atoms with van der Waals surface area (Å²) in [6.45, 7) is 5.04. The van der Waals surface area contributed by atoms with Crippen LogP contribution < -0.4 is 10.9 Å². The Bertz CT molecular complexity index is 1960. The van der Waals surface area contributed by atoms with E-state index in [4.69, 9.17) is 11.6 Å². The largest absolute Gasteiger partial charge is 0.343 e. The number of aryl methyl sites for hydroxylation is 1. The van der Waals surface area contributed by atoms with E-state index in [-0.39, 0.29) is 21.9 Å². The molecule has 1 amide bonds. The number of aromatic nitrogens is 3. The molecule has 0 saturated carbocycles. The minimum Gasteiger partial charge on any atom is -0.343 e. The van der Waals surface area contributed by atoms with E-state index in [1.54, 1.807) is 49.6 Å². The highest BCUT2D eigenvalue weighted by molar-refractivity contribution is 7.91. The summed E-state index contributed by atoms with van der Waals surface area (Å²) in [5.41, 5.74) is 2.28. The smallest absolute Gasteiger partial charge is 0.272 e. The molecule has 2 aromatic heterocycles. The Morgan fingerprint density at radius 2 is 1.76 bits per heavy atom. The van der Waals surface area contributed by atoms with Gasteiger partial charge in [0.1, 0.15) is 5.69 Å². The number of carbonyl (C=O) groups is 1. The molecule has 208 valence electrons. The number of nitrogens with one attached hydrogen (secondary N) is 1. The van der Waals surface area contributed by atoms with Crippen LogP contribution in [0.1, 0.15) is 41.8 Å². The molecule has 0 bridgehead atoms. The number of pyridine rings is 1. The number of sulfone groups is 1. The van der Waals surface area contributed by atoms with Gasteiger partial charge in [-0.2, -0.15) is 0 Å². The fourth-order valence-corrected chi connectivity index (χ4v) is 5.85. The van der Waals surface area contributed by atoms with Crippen molar-refractivity contribution in [3.8, 4) is 16.9 Å². The monoisotopic (exact) mass is 586 g/mol. The molecule has 0 radical (unpaired) electrons. The van der Waals surface area contributed by atoms with Crippen LogP contribution in [0.3, 0.4) is 0 Å². The number of nitrogens with zero attached hydrogens (tertiary/aromatic N) is 3. The van der Waals surface area contributed by atoms with Crippen molar-refractivity contribution in [2.75, 3.05) is 5.75 Å². The van der Waals surface area contributed by atoms with Crippen molar-refractivity contribution in [3.05, 3.63) is 118 Å². The number of fused-ring (bicyclic) bond motifs is 1. The Morgan fingerprint density at radius 1 is 1.02 bits per heavy atom. The SMILES string of the molecule is CCS(=O)(=O)c1cccc(-c2cnc(C)c(C(=O)N[C@@H](C)c3cc4cccc(Cl)c4c(=O)n3-c3ccccc3)n2)c1. The Morgan fingerprint density at radius 3 is 2.49 bits per heavy atom. The number of hydrogen-bond acceptors (Lipinski definition) is 6. The first-order valence-electron chi connectivity index (χ1n) is 13.0. The summed E-state index contributed by atoms with van der Waals surface area (Å²) >= 11 is 6.41. The van der Waals surface area contributed by atoms with Gasteiger partial charge in [-0.05, 0) is 55.6 Å². The molecule has 0 unspecified atom stereocenters. The number of carbonyl (C=O) groups excluding carboxylic acids is 1. The van der Waals surface area contributed by atoms with E-state index in [9.17, 15) is 18.0 Å². The average Bonchev–Trinajstić information content (AvgIpc) is 2.97. The maximum atomic E-state index is 13.7. The molecule has 0 aliphatic heterocycles. The maximum Gasteiger partial charge on any atom is 0.272 e. The van der Waals surface area contributed by atoms with Gasteiger partial charge in [0.05, 0.1) is 44.7 Å². The highest BCUT2D eigenvalue weighted by Gasteiger charge is 2.22. The molecule has 1 N–H and O–H groups in total. The number of para-hydroxylation sites is 1. The predicted molar refractivity (Wildman–Crippen MR) is 160 cm³/mol. The van der Waals surface area contributed by atoms with E-state index in [0.717, 1.165) is 0 Å². The highest BCUT2D eigenvalue weighted by atomic mass is 35.5. The Kier molecular flexibility index (Phi) is 7.75. The van der Waals surface area contributed by atoms with E-state index in [2.05, 4.69) is 15.3 Å². The van der Waals surface area contributed by atoms with Gasteiger partial charge >= 0.3 is 0 Å². The van der Waals surface area contributed by atoms with Crippen LogP contribution in [0.25, 0.3) is 27.7 Å². The number of hydrogen-bond donors (Lipinski definition) is 1. The van der Waals surface area contributed by atoms with Gasteiger partial charge in [-0.1, -0.05) is 61.0 Å². The standard InChI is InChI=1S/C31H27ClN4O4S/c1-4-41(39,40)24-14-8-10-21(16-24)26-18-33-20(3)29(35-26)30(37)34-19(2)27-17-22-11-9-15-25(32)28(22)31(38)36(27)23-12-6-5-7-13-23/h5-19H,4H2,1-3H3,(H,34,37)/t19-/m0/s1. The first kappa shape index (κ1) is 28.2. The highest BCUT2D eigenvalue weighted by Crippen LogP contribution is 2.26. The molecule has 1 atom stereocenters. The fraction of sp³-hybridized carbons (Fsp3) is 0.161. The van der Waals surface area contributed by atoms with Gasteiger partial charge in [0.25, 0.3) is 11.5 Å². The maximum absolute atomic E-state index is 13.7. The van der Waals surface area contributed by atoms with Gasteiger partial charge in [-0.25, -0.2) is 13.4 Å². The van der Waals surface area contributed by atoms with E-state index in [0.29, 0.717) is 44.1 Å². The van der Waals surface area contributed by atoms with Gasteiger partial charge in [-0.15, -0.1) is 0 Å². The predicted octanol–water partition coefficient (Wildman–Crippen LogP) is 5.69. The lowest BCUT2D eigenvalue weighted by Gasteiger charge is -2.21. The van der Waals surface area contributed by atoms with Crippen LogP contribution in [0.5, 0.6) is 0 Å². The van der Waals surface area contributed by atoms with Crippen molar-refractivity contribution in [1.29, 1.82) is 0 Å². The summed E-state index contributed by atoms with van der Waals surface area (Å²) in [7, 11) is -3.42. The first-order chi connectivity index (χ1) is 19.6. The summed E-state index contributed by atoms with van der Waals surface area (Å²) < 4.78 is 26.3. The van der Waals surface area contributed by atoms with Crippen molar-refractivity contribution < 1.29 is 13.2 Å². The summed E-state index contributed by atoms with van der Waals surface area (Å²) in [6, 6.07) is 22.0. The second-order valence-electron chi connectivity index (χ2n) is 9.57. The normalized spacial score (nSPS) is 12.3. The lowest BCUT2D eigenvalue weighted by molar-refractivity contribution is 0.0932. The van der Waals surface area contributed by atoms with Crippen LogP contribution in [0, 0.1) is 6.92 Å². The van der Waals surface area contributed by atoms with Crippen molar-refractivity contribution in [3.63, 3.8) is 0 Å². The molecule has 5 aromatic rings. The third-order valence-electron chi connectivity index (χ3n) is 6.87. The van der Waals surface area contributed by atoms with E-state index >= 15 is 0 Å². The summed E-state index contributed by atoms with van der Waals surface area (Å²) in [5.74, 6) is -0.517. The number of amides is 1. The zero-order valence-electron chi connectivity index (χ0n) is 22.6. The minimum absolute atomic E-state index is 0.0311. The van der Waals surface area contributed by atoms with Crippen LogP contribution >= 0.6 is 11.6 Å². The number of halogens is 1. The molecule has 0 spiro atoms. The van der Waals surface area contributed by atoms with Crippen LogP contribution in [-0.2, 0) is 9.84 Å².